The van der Waals surface area contributed by atoms with Crippen molar-refractivity contribution in [1.82, 2.24) is 4.90 Å². The van der Waals surface area contributed by atoms with Crippen LogP contribution >= 0.6 is 0 Å². The predicted octanol–water partition coefficient (Wildman–Crippen LogP) is 3.13. The molecule has 1 aromatic carbocycles. The molecule has 1 saturated heterocycles. The summed E-state index contributed by atoms with van der Waals surface area (Å²) in [5, 5.41) is 3.61. The minimum absolute atomic E-state index is 0.000758. The Morgan fingerprint density at radius 2 is 1.96 bits per heavy atom. The lowest BCUT2D eigenvalue weighted by Gasteiger charge is -2.36. The normalized spacial score (nSPS) is 19.6. The number of carbonyl (C=O) groups excluding carboxylic acids is 2. The van der Waals surface area contributed by atoms with Crippen molar-refractivity contribution in [1.29, 1.82) is 0 Å². The first-order chi connectivity index (χ1) is 12.1. The van der Waals surface area contributed by atoms with E-state index >= 15 is 0 Å². The van der Waals surface area contributed by atoms with Crippen molar-refractivity contribution in [2.45, 2.75) is 20.0 Å². The Kier molecular flexibility index (Phi) is 7.10. The molecule has 25 heavy (non-hydrogen) atoms. The summed E-state index contributed by atoms with van der Waals surface area (Å²) >= 11 is 0. The number of piperidine rings is 1. The molecule has 0 bridgehead atoms. The third-order valence-electron chi connectivity index (χ3n) is 4.01. The maximum absolute atomic E-state index is 12.4. The van der Waals surface area contributed by atoms with Crippen LogP contribution in [-0.4, -0.2) is 43.2 Å². The fraction of sp³-hybridized carbons (Fsp3) is 0.529. The average molecular weight is 346 g/mol. The number of ether oxygens (including phenoxy) is 2. The second-order valence-corrected chi connectivity index (χ2v) is 6.13. The highest BCUT2D eigenvalue weighted by Gasteiger charge is 2.31. The van der Waals surface area contributed by atoms with Crippen LogP contribution in [0.5, 0.6) is 0 Å². The van der Waals surface area contributed by atoms with Crippen molar-refractivity contribution in [2.24, 2.45) is 17.0 Å². The van der Waals surface area contributed by atoms with Crippen LogP contribution < -0.4 is 0 Å². The van der Waals surface area contributed by atoms with E-state index in [0.29, 0.717) is 19.6 Å². The zero-order valence-corrected chi connectivity index (χ0v) is 14.2. The number of benzene rings is 1. The summed E-state index contributed by atoms with van der Waals surface area (Å²) in [5.74, 6) is -0.328. The topological polar surface area (TPSA) is 105 Å². The first-order valence-corrected chi connectivity index (χ1v) is 8.18. The number of likely N-dealkylation sites (tertiary alicyclic amines) is 1. The minimum Gasteiger partial charge on any atom is -0.466 e. The van der Waals surface area contributed by atoms with Crippen LogP contribution in [0, 0.1) is 11.8 Å². The molecular weight excluding hydrogens is 324 g/mol. The van der Waals surface area contributed by atoms with Crippen LogP contribution in [0.15, 0.2) is 35.4 Å². The monoisotopic (exact) mass is 346 g/mol. The Morgan fingerprint density at radius 3 is 2.64 bits per heavy atom. The predicted molar refractivity (Wildman–Crippen MR) is 90.4 cm³/mol. The number of nitrogens with zero attached hydrogens (tertiary/aromatic N) is 4. The standard InChI is InChI=1S/C17H22N4O4/c1-13(22)24-12-16-7-15(8-19-20-18)9-21(10-16)17(23)25-11-14-5-3-2-4-6-14/h2-6,15-16H,7-12H2,1H3/t15-,16-/m0/s1. The van der Waals surface area contributed by atoms with Crippen LogP contribution in [0.4, 0.5) is 4.79 Å². The number of rotatable bonds is 6. The summed E-state index contributed by atoms with van der Waals surface area (Å²) in [4.78, 5) is 27.8. The molecule has 0 aromatic heterocycles. The Labute approximate surface area is 146 Å². The molecule has 2 atom stereocenters. The summed E-state index contributed by atoms with van der Waals surface area (Å²) in [6, 6.07) is 9.44. The molecule has 8 heteroatoms. The number of azide groups is 1. The van der Waals surface area contributed by atoms with Gasteiger partial charge in [0.2, 0.25) is 0 Å². The maximum Gasteiger partial charge on any atom is 0.410 e. The first kappa shape index (κ1) is 18.6. The van der Waals surface area contributed by atoms with E-state index in [4.69, 9.17) is 15.0 Å². The molecule has 0 saturated carbocycles. The molecule has 1 aromatic rings. The van der Waals surface area contributed by atoms with Crippen LogP contribution in [0.25, 0.3) is 10.4 Å². The van der Waals surface area contributed by atoms with Gasteiger partial charge < -0.3 is 14.4 Å². The van der Waals surface area contributed by atoms with Crippen molar-refractivity contribution in [3.63, 3.8) is 0 Å². The third kappa shape index (κ3) is 6.35. The number of hydrogen-bond acceptors (Lipinski definition) is 5. The molecule has 1 aliphatic rings. The molecule has 0 unspecified atom stereocenters. The number of amides is 1. The number of esters is 1. The van der Waals surface area contributed by atoms with Gasteiger partial charge in [0.25, 0.3) is 0 Å². The van der Waals surface area contributed by atoms with Crippen LogP contribution in [0.2, 0.25) is 0 Å². The molecule has 134 valence electrons. The zero-order chi connectivity index (χ0) is 18.1. The molecule has 0 spiro atoms. The van der Waals surface area contributed by atoms with Gasteiger partial charge in [-0.15, -0.1) is 0 Å². The number of carbonyl (C=O) groups is 2. The third-order valence-corrected chi connectivity index (χ3v) is 4.01. The smallest absolute Gasteiger partial charge is 0.410 e. The highest BCUT2D eigenvalue weighted by Crippen LogP contribution is 2.23. The van der Waals surface area contributed by atoms with Gasteiger partial charge in [0.15, 0.2) is 0 Å². The summed E-state index contributed by atoms with van der Waals surface area (Å²) in [5.41, 5.74) is 9.42. The molecule has 0 N–H and O–H groups in total. The Hall–Kier alpha value is -2.73. The maximum atomic E-state index is 12.4. The SMILES string of the molecule is CC(=O)OC[C@H]1C[C@@H](CN=[N+]=[N-])CN(C(=O)OCc2ccccc2)C1. The average Bonchev–Trinajstić information content (AvgIpc) is 2.63. The Balaban J connectivity index is 1.94. The van der Waals surface area contributed by atoms with Crippen molar-refractivity contribution in [3.05, 3.63) is 46.3 Å². The lowest BCUT2D eigenvalue weighted by Crippen LogP contribution is -2.46. The Bertz CT molecular complexity index is 631. The van der Waals surface area contributed by atoms with Crippen molar-refractivity contribution < 1.29 is 19.1 Å². The second-order valence-electron chi connectivity index (χ2n) is 6.13. The van der Waals surface area contributed by atoms with Gasteiger partial charge in [-0.2, -0.15) is 0 Å². The van der Waals surface area contributed by atoms with Crippen molar-refractivity contribution in [2.75, 3.05) is 26.2 Å². The molecule has 1 aliphatic heterocycles. The molecule has 8 nitrogen and oxygen atoms in total. The van der Waals surface area contributed by atoms with E-state index in [-0.39, 0.29) is 31.0 Å². The largest absolute Gasteiger partial charge is 0.466 e. The fourth-order valence-electron chi connectivity index (χ4n) is 2.92. The molecule has 1 heterocycles. The highest BCUT2D eigenvalue weighted by atomic mass is 16.6. The number of hydrogen-bond donors (Lipinski definition) is 0. The van der Waals surface area contributed by atoms with Gasteiger partial charge >= 0.3 is 12.1 Å². The van der Waals surface area contributed by atoms with Gasteiger partial charge in [-0.05, 0) is 23.4 Å². The van der Waals surface area contributed by atoms with Gasteiger partial charge in [-0.25, -0.2) is 4.79 Å². The van der Waals surface area contributed by atoms with Gasteiger partial charge in [0.05, 0.1) is 6.61 Å². The summed E-state index contributed by atoms with van der Waals surface area (Å²) in [6.07, 6.45) is 0.316. The molecular formula is C17H22N4O4. The summed E-state index contributed by atoms with van der Waals surface area (Å²) in [7, 11) is 0. The molecule has 1 amide bonds. The highest BCUT2D eigenvalue weighted by molar-refractivity contribution is 5.68. The van der Waals surface area contributed by atoms with E-state index in [0.717, 1.165) is 12.0 Å². The molecule has 1 fully saturated rings. The second kappa shape index (κ2) is 9.54. The summed E-state index contributed by atoms with van der Waals surface area (Å²) < 4.78 is 10.4. The van der Waals surface area contributed by atoms with Crippen LogP contribution in [-0.2, 0) is 20.9 Å². The van der Waals surface area contributed by atoms with Gasteiger partial charge in [-0.3, -0.25) is 4.79 Å². The zero-order valence-electron chi connectivity index (χ0n) is 14.2. The van der Waals surface area contributed by atoms with Gasteiger partial charge in [0.1, 0.15) is 6.61 Å². The quantitative estimate of drug-likeness (QED) is 0.341. The minimum atomic E-state index is -0.415. The van der Waals surface area contributed by atoms with Crippen molar-refractivity contribution in [3.8, 4) is 0 Å². The Morgan fingerprint density at radius 1 is 1.24 bits per heavy atom. The fourth-order valence-corrected chi connectivity index (χ4v) is 2.92. The van der Waals surface area contributed by atoms with E-state index in [1.165, 1.54) is 6.92 Å². The van der Waals surface area contributed by atoms with E-state index in [9.17, 15) is 9.59 Å². The molecule has 2 rings (SSSR count). The first-order valence-electron chi connectivity index (χ1n) is 8.18. The van der Waals surface area contributed by atoms with Crippen molar-refractivity contribution >= 4 is 12.1 Å². The van der Waals surface area contributed by atoms with Gasteiger partial charge in [-0.1, -0.05) is 35.4 Å². The van der Waals surface area contributed by atoms with E-state index in [1.807, 2.05) is 30.3 Å². The molecule has 0 aliphatic carbocycles. The van der Waals surface area contributed by atoms with E-state index in [1.54, 1.807) is 4.90 Å². The van der Waals surface area contributed by atoms with E-state index < -0.39 is 6.09 Å². The lowest BCUT2D eigenvalue weighted by molar-refractivity contribution is -0.143. The van der Waals surface area contributed by atoms with Crippen LogP contribution in [0.1, 0.15) is 18.9 Å². The summed E-state index contributed by atoms with van der Waals surface area (Å²) in [6.45, 7) is 3.01. The molecule has 0 radical (unpaired) electrons. The van der Waals surface area contributed by atoms with Gasteiger partial charge in [0, 0.05) is 37.4 Å². The lowest BCUT2D eigenvalue weighted by atomic mass is 9.90. The van der Waals surface area contributed by atoms with E-state index in [2.05, 4.69) is 10.0 Å². The van der Waals surface area contributed by atoms with Crippen LogP contribution in [0.3, 0.4) is 0 Å².